The Hall–Kier alpha value is -2.45. The molecule has 1 atom stereocenters. The minimum Gasteiger partial charge on any atom is -0.382 e. The van der Waals surface area contributed by atoms with Gasteiger partial charge in [0.25, 0.3) is 0 Å². The third kappa shape index (κ3) is 8.27. The van der Waals surface area contributed by atoms with E-state index in [0.717, 1.165) is 55.9 Å². The molecule has 5 nitrogen and oxygen atoms in total. The first-order valence-electron chi connectivity index (χ1n) is 14.2. The fourth-order valence-electron chi connectivity index (χ4n) is 5.95. The van der Waals surface area contributed by atoms with E-state index in [1.165, 1.54) is 34.6 Å². The van der Waals surface area contributed by atoms with Crippen LogP contribution in [0.2, 0.25) is 0 Å². The first kappa shape index (κ1) is 31.1. The number of halogens is 3. The topological polar surface area (TPSA) is 39.0 Å². The molecule has 39 heavy (non-hydrogen) atoms. The molecule has 0 aliphatic heterocycles. The van der Waals surface area contributed by atoms with Crippen LogP contribution >= 0.6 is 0 Å². The van der Waals surface area contributed by atoms with E-state index in [4.69, 9.17) is 5.73 Å². The maximum Gasteiger partial charge on any atom is 0.477 e. The number of alkyl halides is 3. The fraction of sp³-hybridized carbons (Fsp3) is 0.613. The molecule has 0 bridgehead atoms. The number of nitrogens with two attached hydrogens (primary N) is 1. The predicted molar refractivity (Wildman–Crippen MR) is 156 cm³/mol. The van der Waals surface area contributed by atoms with Gasteiger partial charge in [0.2, 0.25) is 0 Å². The lowest BCUT2D eigenvalue weighted by Crippen LogP contribution is -2.45. The van der Waals surface area contributed by atoms with Crippen molar-refractivity contribution in [2.45, 2.75) is 77.7 Å². The van der Waals surface area contributed by atoms with Gasteiger partial charge < -0.3 is 20.5 Å². The second kappa shape index (κ2) is 13.3. The monoisotopic (exact) mass is 547 g/mol. The average molecular weight is 548 g/mol. The second-order valence-electron chi connectivity index (χ2n) is 11.7. The van der Waals surface area contributed by atoms with E-state index in [9.17, 15) is 13.2 Å². The molecule has 1 aromatic carbocycles. The van der Waals surface area contributed by atoms with Crippen LogP contribution in [0.25, 0.3) is 11.1 Å². The van der Waals surface area contributed by atoms with Crippen LogP contribution in [0.3, 0.4) is 0 Å². The highest BCUT2D eigenvalue weighted by Crippen LogP contribution is 2.43. The largest absolute Gasteiger partial charge is 0.477 e. The number of fused-ring (bicyclic) bond motifs is 1. The van der Waals surface area contributed by atoms with Crippen molar-refractivity contribution in [3.8, 4) is 0 Å². The molecular weight excluding hydrogens is 499 g/mol. The van der Waals surface area contributed by atoms with Gasteiger partial charge in [0, 0.05) is 65.9 Å². The summed E-state index contributed by atoms with van der Waals surface area (Å²) in [5.74, 6) is 1.12. The molecule has 0 aromatic heterocycles. The van der Waals surface area contributed by atoms with Crippen LogP contribution in [-0.2, 0) is 13.0 Å². The van der Waals surface area contributed by atoms with Crippen molar-refractivity contribution in [1.82, 2.24) is 19.8 Å². The van der Waals surface area contributed by atoms with E-state index >= 15 is 0 Å². The highest BCUT2D eigenvalue weighted by molar-refractivity contribution is 5.78. The number of benzene rings is 1. The third-order valence-corrected chi connectivity index (χ3v) is 8.30. The summed E-state index contributed by atoms with van der Waals surface area (Å²) in [7, 11) is 7.06. The molecule has 1 fully saturated rings. The maximum atomic E-state index is 13.5. The molecule has 0 spiro atoms. The number of nitrogens with zero attached hydrogens (tertiary/aromatic N) is 4. The van der Waals surface area contributed by atoms with Crippen molar-refractivity contribution in [2.75, 3.05) is 34.7 Å². The van der Waals surface area contributed by atoms with Crippen molar-refractivity contribution in [3.05, 3.63) is 59.6 Å². The third-order valence-electron chi connectivity index (χ3n) is 8.30. The van der Waals surface area contributed by atoms with Crippen LogP contribution in [0.1, 0.15) is 74.6 Å². The number of hydrazine groups is 1. The molecule has 0 heterocycles. The minimum atomic E-state index is -4.44. The summed E-state index contributed by atoms with van der Waals surface area (Å²) < 4.78 is 40.4. The van der Waals surface area contributed by atoms with E-state index in [1.54, 1.807) is 13.1 Å². The Balaban J connectivity index is 1.97. The zero-order valence-corrected chi connectivity index (χ0v) is 24.7. The van der Waals surface area contributed by atoms with Crippen LogP contribution in [0.4, 0.5) is 13.2 Å². The Morgan fingerprint density at radius 1 is 1.05 bits per heavy atom. The zero-order chi connectivity index (χ0) is 28.9. The Morgan fingerprint density at radius 2 is 1.72 bits per heavy atom. The Kier molecular flexibility index (Phi) is 10.6. The standard InChI is InChI=1S/C31H48F3N5/c1-8-39(38(7)31(32,33)34)20-22(2)29-18-25(21-37(6)16-15-36(4)5)19-30-23(3)26(11-14-28(29)30)17-24-9-12-27(35)13-10-24/h15-16,18-20,24,26-27H,3,8-14,17,21,35H2,1-2,4-7H3/b16-15-,22-20+. The van der Waals surface area contributed by atoms with E-state index < -0.39 is 6.30 Å². The molecule has 1 aromatic rings. The van der Waals surface area contributed by atoms with Gasteiger partial charge in [0.15, 0.2) is 0 Å². The highest BCUT2D eigenvalue weighted by Gasteiger charge is 2.37. The summed E-state index contributed by atoms with van der Waals surface area (Å²) in [6.07, 6.45) is 8.88. The van der Waals surface area contributed by atoms with Gasteiger partial charge >= 0.3 is 6.30 Å². The number of hydrogen-bond donors (Lipinski definition) is 1. The van der Waals surface area contributed by atoms with Gasteiger partial charge in [0.05, 0.1) is 0 Å². The molecule has 0 amide bonds. The van der Waals surface area contributed by atoms with Gasteiger partial charge in [-0.2, -0.15) is 13.2 Å². The van der Waals surface area contributed by atoms with Gasteiger partial charge in [-0.05, 0) is 116 Å². The molecule has 2 aliphatic carbocycles. The van der Waals surface area contributed by atoms with Crippen molar-refractivity contribution in [1.29, 1.82) is 0 Å². The molecule has 1 unspecified atom stereocenters. The lowest BCUT2D eigenvalue weighted by Gasteiger charge is -2.35. The molecule has 0 saturated heterocycles. The molecular formula is C31H48F3N5. The molecule has 8 heteroatoms. The van der Waals surface area contributed by atoms with Crippen LogP contribution < -0.4 is 5.73 Å². The Bertz CT molecular complexity index is 1040. The molecule has 3 rings (SSSR count). The first-order chi connectivity index (χ1) is 18.3. The summed E-state index contributed by atoms with van der Waals surface area (Å²) in [4.78, 5) is 4.11. The van der Waals surface area contributed by atoms with E-state index in [1.807, 2.05) is 45.4 Å². The van der Waals surface area contributed by atoms with Crippen LogP contribution in [-0.4, -0.2) is 66.9 Å². The highest BCUT2D eigenvalue weighted by atomic mass is 19.4. The lowest BCUT2D eigenvalue weighted by atomic mass is 9.71. The zero-order valence-electron chi connectivity index (χ0n) is 24.7. The van der Waals surface area contributed by atoms with Crippen LogP contribution in [0.5, 0.6) is 0 Å². The number of hydrogen-bond acceptors (Lipinski definition) is 5. The molecule has 2 aliphatic rings. The van der Waals surface area contributed by atoms with Gasteiger partial charge in [0.1, 0.15) is 0 Å². The van der Waals surface area contributed by atoms with E-state index in [2.05, 4.69) is 23.6 Å². The average Bonchev–Trinajstić information content (AvgIpc) is 2.87. The fourth-order valence-corrected chi connectivity index (χ4v) is 5.95. The minimum absolute atomic E-state index is 0.215. The number of rotatable bonds is 10. The SMILES string of the molecule is C=C1c2cc(CN(C)/C=C\N(C)C)cc(/C(C)=C/N(CC)N(C)C(F)(F)F)c2CCC1CC1CCC(N)CC1. The summed E-state index contributed by atoms with van der Waals surface area (Å²) in [5, 5.41) is 1.58. The molecule has 1 saturated carbocycles. The van der Waals surface area contributed by atoms with Gasteiger partial charge in [-0.1, -0.05) is 6.58 Å². The van der Waals surface area contributed by atoms with Gasteiger partial charge in [-0.15, -0.1) is 5.01 Å². The summed E-state index contributed by atoms with van der Waals surface area (Å²) in [6.45, 7) is 9.15. The Labute approximate surface area is 233 Å². The smallest absolute Gasteiger partial charge is 0.382 e. The lowest BCUT2D eigenvalue weighted by molar-refractivity contribution is -0.292. The molecule has 218 valence electrons. The summed E-state index contributed by atoms with van der Waals surface area (Å²) in [5.41, 5.74) is 12.7. The van der Waals surface area contributed by atoms with Gasteiger partial charge in [-0.3, -0.25) is 0 Å². The van der Waals surface area contributed by atoms with Crippen molar-refractivity contribution in [2.24, 2.45) is 17.6 Å². The number of allylic oxidation sites excluding steroid dienone is 2. The normalized spacial score (nSPS) is 22.4. The summed E-state index contributed by atoms with van der Waals surface area (Å²) in [6, 6.07) is 4.76. The second-order valence-corrected chi connectivity index (χ2v) is 11.7. The van der Waals surface area contributed by atoms with Crippen LogP contribution in [0, 0.1) is 11.8 Å². The Morgan fingerprint density at radius 3 is 2.31 bits per heavy atom. The van der Waals surface area contributed by atoms with Crippen LogP contribution in [0.15, 0.2) is 37.3 Å². The predicted octanol–water partition coefficient (Wildman–Crippen LogP) is 6.68. The van der Waals surface area contributed by atoms with E-state index in [0.29, 0.717) is 29.4 Å². The van der Waals surface area contributed by atoms with Gasteiger partial charge in [-0.25, -0.2) is 0 Å². The summed E-state index contributed by atoms with van der Waals surface area (Å²) >= 11 is 0. The quantitative estimate of drug-likeness (QED) is 0.261. The van der Waals surface area contributed by atoms with Crippen molar-refractivity contribution >= 4 is 11.1 Å². The van der Waals surface area contributed by atoms with Crippen molar-refractivity contribution in [3.63, 3.8) is 0 Å². The molecule has 0 radical (unpaired) electrons. The first-order valence-corrected chi connectivity index (χ1v) is 14.2. The molecule has 2 N–H and O–H groups in total. The maximum absolute atomic E-state index is 13.5. The van der Waals surface area contributed by atoms with Crippen molar-refractivity contribution < 1.29 is 13.2 Å². The van der Waals surface area contributed by atoms with E-state index in [-0.39, 0.29) is 6.54 Å².